The molecule has 0 fully saturated rings. The fourth-order valence-electron chi connectivity index (χ4n) is 0.478. The monoisotopic (exact) mass is 181 g/mol. The van der Waals surface area contributed by atoms with Gasteiger partial charge in [-0.3, -0.25) is 4.21 Å². The molecule has 66 valence electrons. The van der Waals surface area contributed by atoms with Gasteiger partial charge in [-0.1, -0.05) is 0 Å². The lowest BCUT2D eigenvalue weighted by Crippen LogP contribution is -2.70. The smallest absolute Gasteiger partial charge is 0.136 e. The minimum Gasteiger partial charge on any atom is -0.544 e. The van der Waals surface area contributed by atoms with E-state index in [2.05, 4.69) is 5.73 Å². The van der Waals surface area contributed by atoms with Crippen molar-refractivity contribution < 1.29 is 25.0 Å². The summed E-state index contributed by atoms with van der Waals surface area (Å²) in [6.07, 6.45) is 0. The minimum absolute atomic E-state index is 0.0527. The standard InChI is InChI=1S/C5H11NO4S/c6-4(5(8)9)3-11(10)2-1-7/h4,7H,1-3,6H2,(H,8,9)/t4-,11+/m0/s1. The Kier molecular flexibility index (Phi) is 5.01. The predicted octanol–water partition coefficient (Wildman–Crippen LogP) is -3.91. The first-order chi connectivity index (χ1) is 5.07. The number of carboxylic acid groups (broad SMARTS) is 1. The molecule has 11 heavy (non-hydrogen) atoms. The highest BCUT2D eigenvalue weighted by Gasteiger charge is 2.11. The topological polar surface area (TPSA) is 105 Å². The van der Waals surface area contributed by atoms with Crippen molar-refractivity contribution >= 4 is 16.8 Å². The van der Waals surface area contributed by atoms with Gasteiger partial charge in [-0.05, 0) is 0 Å². The van der Waals surface area contributed by atoms with Gasteiger partial charge in [-0.15, -0.1) is 0 Å². The highest BCUT2D eigenvalue weighted by atomic mass is 32.2. The number of carbonyl (C=O) groups is 1. The Labute approximate surface area is 66.7 Å². The van der Waals surface area contributed by atoms with Crippen molar-refractivity contribution in [2.45, 2.75) is 6.04 Å². The highest BCUT2D eigenvalue weighted by molar-refractivity contribution is 7.85. The Morgan fingerprint density at radius 1 is 1.73 bits per heavy atom. The second-order valence-electron chi connectivity index (χ2n) is 2.05. The van der Waals surface area contributed by atoms with E-state index >= 15 is 0 Å². The largest absolute Gasteiger partial charge is 0.544 e. The first-order valence-corrected chi connectivity index (χ1v) is 4.56. The van der Waals surface area contributed by atoms with E-state index in [9.17, 15) is 14.1 Å². The minimum atomic E-state index is -1.31. The van der Waals surface area contributed by atoms with Gasteiger partial charge in [-0.2, -0.15) is 0 Å². The van der Waals surface area contributed by atoms with Crippen LogP contribution in [-0.2, 0) is 15.6 Å². The van der Waals surface area contributed by atoms with E-state index in [0.29, 0.717) is 0 Å². The van der Waals surface area contributed by atoms with E-state index in [4.69, 9.17) is 5.11 Å². The van der Waals surface area contributed by atoms with E-state index in [1.807, 2.05) is 0 Å². The fraction of sp³-hybridized carbons (Fsp3) is 0.800. The van der Waals surface area contributed by atoms with Crippen LogP contribution in [0.2, 0.25) is 0 Å². The molecule has 0 heterocycles. The van der Waals surface area contributed by atoms with Crippen LogP contribution in [0.25, 0.3) is 0 Å². The van der Waals surface area contributed by atoms with E-state index < -0.39 is 22.8 Å². The molecule has 0 spiro atoms. The van der Waals surface area contributed by atoms with Gasteiger partial charge in [0.15, 0.2) is 0 Å². The van der Waals surface area contributed by atoms with Crippen LogP contribution in [0.15, 0.2) is 0 Å². The quantitative estimate of drug-likeness (QED) is 0.452. The van der Waals surface area contributed by atoms with Crippen LogP contribution < -0.4 is 10.8 Å². The third-order valence-electron chi connectivity index (χ3n) is 1.04. The molecule has 4 N–H and O–H groups in total. The maximum atomic E-state index is 10.8. The first-order valence-electron chi connectivity index (χ1n) is 3.07. The van der Waals surface area contributed by atoms with Gasteiger partial charge in [0.1, 0.15) is 12.0 Å². The Morgan fingerprint density at radius 3 is 2.64 bits per heavy atom. The van der Waals surface area contributed by atoms with Crippen LogP contribution in [0.4, 0.5) is 0 Å². The number of aliphatic hydroxyl groups excluding tert-OH is 1. The van der Waals surface area contributed by atoms with Crippen LogP contribution in [-0.4, -0.2) is 39.4 Å². The molecule has 0 aromatic rings. The van der Waals surface area contributed by atoms with Crippen molar-refractivity contribution in [3.63, 3.8) is 0 Å². The molecule has 0 aliphatic heterocycles. The van der Waals surface area contributed by atoms with Crippen molar-refractivity contribution in [3.05, 3.63) is 0 Å². The maximum absolute atomic E-state index is 10.8. The number of carboxylic acids is 1. The van der Waals surface area contributed by atoms with Crippen LogP contribution in [0.1, 0.15) is 0 Å². The van der Waals surface area contributed by atoms with Gasteiger partial charge in [-0.25, -0.2) is 0 Å². The zero-order valence-corrected chi connectivity index (χ0v) is 6.80. The SMILES string of the molecule is [NH3+][C@@H](C[S@](=O)CCO)C(=O)[O-]. The summed E-state index contributed by atoms with van der Waals surface area (Å²) in [6, 6.07) is -0.956. The van der Waals surface area contributed by atoms with E-state index in [-0.39, 0.29) is 18.1 Å². The molecule has 0 amide bonds. The Hall–Kier alpha value is -0.460. The van der Waals surface area contributed by atoms with Crippen LogP contribution in [0, 0.1) is 0 Å². The van der Waals surface area contributed by atoms with Crippen molar-refractivity contribution in [3.8, 4) is 0 Å². The number of aliphatic hydroxyl groups is 1. The number of quaternary nitrogens is 1. The van der Waals surface area contributed by atoms with Gasteiger partial charge in [0.2, 0.25) is 0 Å². The molecule has 2 atom stereocenters. The van der Waals surface area contributed by atoms with Crippen LogP contribution in [0.3, 0.4) is 0 Å². The molecule has 0 aromatic heterocycles. The summed E-state index contributed by atoms with van der Waals surface area (Å²) in [5.41, 5.74) is 3.22. The van der Waals surface area contributed by atoms with Gasteiger partial charge in [0.25, 0.3) is 0 Å². The van der Waals surface area contributed by atoms with Crippen molar-refractivity contribution in [1.29, 1.82) is 0 Å². The van der Waals surface area contributed by atoms with E-state index in [1.54, 1.807) is 0 Å². The van der Waals surface area contributed by atoms with Gasteiger partial charge in [0.05, 0.1) is 12.4 Å². The average Bonchev–Trinajstić information content (AvgIpc) is 1.87. The lowest BCUT2D eigenvalue weighted by atomic mass is 10.4. The van der Waals surface area contributed by atoms with E-state index in [0.717, 1.165) is 0 Å². The van der Waals surface area contributed by atoms with Gasteiger partial charge in [0, 0.05) is 16.6 Å². The van der Waals surface area contributed by atoms with Gasteiger partial charge < -0.3 is 20.7 Å². The summed E-state index contributed by atoms with van der Waals surface area (Å²) in [7, 11) is -1.30. The maximum Gasteiger partial charge on any atom is 0.136 e. The zero-order valence-electron chi connectivity index (χ0n) is 5.99. The molecule has 5 nitrogen and oxygen atoms in total. The second kappa shape index (κ2) is 5.22. The van der Waals surface area contributed by atoms with E-state index in [1.165, 1.54) is 0 Å². The van der Waals surface area contributed by atoms with Crippen LogP contribution in [0.5, 0.6) is 0 Å². The lowest BCUT2D eigenvalue weighted by molar-refractivity contribution is -0.431. The van der Waals surface area contributed by atoms with Crippen LogP contribution >= 0.6 is 0 Å². The third-order valence-corrected chi connectivity index (χ3v) is 2.45. The fourth-order valence-corrected chi connectivity index (χ4v) is 1.43. The number of rotatable bonds is 5. The molecule has 0 saturated carbocycles. The molecular formula is C5H11NO4S. The Bertz CT molecular complexity index is 161. The highest BCUT2D eigenvalue weighted by Crippen LogP contribution is 1.83. The lowest BCUT2D eigenvalue weighted by Gasteiger charge is -2.07. The molecule has 0 unspecified atom stereocenters. The first kappa shape index (κ1) is 10.5. The molecule has 6 heteroatoms. The second-order valence-corrected chi connectivity index (χ2v) is 3.67. The molecule has 0 radical (unpaired) electrons. The van der Waals surface area contributed by atoms with Crippen molar-refractivity contribution in [2.24, 2.45) is 0 Å². The number of carbonyl (C=O) groups excluding carboxylic acids is 1. The number of hydrogen-bond acceptors (Lipinski definition) is 4. The van der Waals surface area contributed by atoms with Crippen molar-refractivity contribution in [1.82, 2.24) is 0 Å². The zero-order chi connectivity index (χ0) is 8.85. The average molecular weight is 181 g/mol. The molecule has 0 aliphatic rings. The summed E-state index contributed by atoms with van der Waals surface area (Å²) in [4.78, 5) is 10.1. The summed E-state index contributed by atoms with van der Waals surface area (Å²) in [5.74, 6) is -1.27. The molecular weight excluding hydrogens is 170 g/mol. The summed E-state index contributed by atoms with van der Waals surface area (Å²) in [5, 5.41) is 18.4. The summed E-state index contributed by atoms with van der Waals surface area (Å²) < 4.78 is 10.8. The summed E-state index contributed by atoms with van der Waals surface area (Å²) >= 11 is 0. The number of hydrogen-bond donors (Lipinski definition) is 2. The third kappa shape index (κ3) is 4.88. The molecule has 0 rings (SSSR count). The number of aliphatic carboxylic acids is 1. The summed E-state index contributed by atoms with van der Waals surface area (Å²) in [6.45, 7) is -0.202. The van der Waals surface area contributed by atoms with Crippen molar-refractivity contribution in [2.75, 3.05) is 18.1 Å². The molecule has 0 aromatic carbocycles. The van der Waals surface area contributed by atoms with Gasteiger partial charge >= 0.3 is 0 Å². The molecule has 0 saturated heterocycles. The Morgan fingerprint density at radius 2 is 2.27 bits per heavy atom. The molecule has 0 bridgehead atoms. The predicted molar refractivity (Wildman–Crippen MR) is 36.6 cm³/mol. The Balaban J connectivity index is 3.66. The normalized spacial score (nSPS) is 15.8. The molecule has 0 aliphatic carbocycles.